The van der Waals surface area contributed by atoms with Crippen LogP contribution in [0.2, 0.25) is 0 Å². The number of anilines is 1. The van der Waals surface area contributed by atoms with Gasteiger partial charge >= 0.3 is 0 Å². The lowest BCUT2D eigenvalue weighted by Crippen LogP contribution is -2.37. The van der Waals surface area contributed by atoms with E-state index in [9.17, 15) is 9.59 Å². The first-order valence-electron chi connectivity index (χ1n) is 9.98. The SMILES string of the molecule is CCCNC(=O)c1nc(C(=O)N2CCCc3ccccc32)n2c1CCCC2. The van der Waals surface area contributed by atoms with Gasteiger partial charge in [0.15, 0.2) is 0 Å². The molecule has 142 valence electrons. The third kappa shape index (κ3) is 3.24. The summed E-state index contributed by atoms with van der Waals surface area (Å²) in [5.41, 5.74) is 3.50. The predicted molar refractivity (Wildman–Crippen MR) is 104 cm³/mol. The lowest BCUT2D eigenvalue weighted by atomic mass is 10.0. The summed E-state index contributed by atoms with van der Waals surface area (Å²) in [6.07, 6.45) is 5.64. The van der Waals surface area contributed by atoms with Crippen molar-refractivity contribution in [1.82, 2.24) is 14.9 Å². The zero-order valence-corrected chi connectivity index (χ0v) is 15.8. The normalized spacial score (nSPS) is 15.8. The number of benzene rings is 1. The lowest BCUT2D eigenvalue weighted by Gasteiger charge is -2.29. The molecule has 2 amide bonds. The van der Waals surface area contributed by atoms with Gasteiger partial charge in [0.1, 0.15) is 5.69 Å². The summed E-state index contributed by atoms with van der Waals surface area (Å²) in [4.78, 5) is 32.4. The largest absolute Gasteiger partial charge is 0.351 e. The van der Waals surface area contributed by atoms with Gasteiger partial charge in [-0.3, -0.25) is 9.59 Å². The highest BCUT2D eigenvalue weighted by Gasteiger charge is 2.31. The van der Waals surface area contributed by atoms with E-state index in [2.05, 4.69) is 16.4 Å². The average molecular weight is 366 g/mol. The highest BCUT2D eigenvalue weighted by Crippen LogP contribution is 2.29. The van der Waals surface area contributed by atoms with E-state index in [0.717, 1.165) is 56.5 Å². The molecule has 0 saturated heterocycles. The van der Waals surface area contributed by atoms with Crippen LogP contribution in [-0.4, -0.2) is 34.5 Å². The van der Waals surface area contributed by atoms with E-state index in [1.54, 1.807) is 0 Å². The van der Waals surface area contributed by atoms with Crippen LogP contribution in [0.1, 0.15) is 65.0 Å². The summed E-state index contributed by atoms with van der Waals surface area (Å²) < 4.78 is 1.98. The summed E-state index contributed by atoms with van der Waals surface area (Å²) in [7, 11) is 0. The van der Waals surface area contributed by atoms with E-state index in [1.165, 1.54) is 5.56 Å². The molecule has 1 aromatic carbocycles. The van der Waals surface area contributed by atoms with Gasteiger partial charge in [-0.15, -0.1) is 0 Å². The van der Waals surface area contributed by atoms with Gasteiger partial charge in [0.25, 0.3) is 11.8 Å². The first-order valence-corrected chi connectivity index (χ1v) is 9.98. The number of imidazole rings is 1. The van der Waals surface area contributed by atoms with Crippen LogP contribution in [0.15, 0.2) is 24.3 Å². The minimum atomic E-state index is -0.166. The van der Waals surface area contributed by atoms with Crippen molar-refractivity contribution in [2.45, 2.75) is 52.0 Å². The van der Waals surface area contributed by atoms with Crippen molar-refractivity contribution in [3.63, 3.8) is 0 Å². The maximum absolute atomic E-state index is 13.4. The average Bonchev–Trinajstić information content (AvgIpc) is 3.11. The fourth-order valence-corrected chi connectivity index (χ4v) is 4.08. The minimum Gasteiger partial charge on any atom is -0.351 e. The Morgan fingerprint density at radius 1 is 1.11 bits per heavy atom. The van der Waals surface area contributed by atoms with Crippen LogP contribution in [0.3, 0.4) is 0 Å². The summed E-state index contributed by atoms with van der Waals surface area (Å²) in [5, 5.41) is 2.91. The van der Waals surface area contributed by atoms with E-state index >= 15 is 0 Å². The molecule has 0 radical (unpaired) electrons. The second kappa shape index (κ2) is 7.55. The minimum absolute atomic E-state index is 0.0974. The Labute approximate surface area is 159 Å². The number of rotatable bonds is 4. The lowest BCUT2D eigenvalue weighted by molar-refractivity contribution is 0.0947. The third-order valence-corrected chi connectivity index (χ3v) is 5.42. The first-order chi connectivity index (χ1) is 13.2. The molecule has 6 nitrogen and oxygen atoms in total. The molecular weight excluding hydrogens is 340 g/mol. The molecule has 4 rings (SSSR count). The summed E-state index contributed by atoms with van der Waals surface area (Å²) in [6, 6.07) is 8.07. The standard InChI is InChI=1S/C21H26N4O2/c1-2-12-22-20(26)18-17-11-5-6-13-24(17)19(23-18)21(27)25-14-7-9-15-8-3-4-10-16(15)25/h3-4,8,10H,2,5-7,9,11-14H2,1H3,(H,22,26). The Morgan fingerprint density at radius 3 is 2.81 bits per heavy atom. The van der Waals surface area contributed by atoms with Crippen molar-refractivity contribution in [1.29, 1.82) is 0 Å². The van der Waals surface area contributed by atoms with Crippen molar-refractivity contribution in [2.75, 3.05) is 18.0 Å². The molecule has 2 aliphatic rings. The molecule has 0 fully saturated rings. The van der Waals surface area contributed by atoms with E-state index in [4.69, 9.17) is 0 Å². The smallest absolute Gasteiger partial charge is 0.294 e. The van der Waals surface area contributed by atoms with Gasteiger partial charge in [-0.05, 0) is 50.2 Å². The number of para-hydroxylation sites is 1. The molecule has 0 spiro atoms. The number of carbonyl (C=O) groups is 2. The molecular formula is C21H26N4O2. The topological polar surface area (TPSA) is 67.2 Å². The van der Waals surface area contributed by atoms with E-state index in [0.29, 0.717) is 24.6 Å². The molecule has 3 heterocycles. The van der Waals surface area contributed by atoms with Crippen LogP contribution in [0.25, 0.3) is 0 Å². The van der Waals surface area contributed by atoms with Crippen LogP contribution in [-0.2, 0) is 19.4 Å². The predicted octanol–water partition coefficient (Wildman–Crippen LogP) is 2.95. The van der Waals surface area contributed by atoms with Gasteiger partial charge in [0.2, 0.25) is 5.82 Å². The number of nitrogens with zero attached hydrogens (tertiary/aromatic N) is 3. The molecule has 2 aromatic rings. The van der Waals surface area contributed by atoms with Gasteiger partial charge < -0.3 is 14.8 Å². The van der Waals surface area contributed by atoms with Crippen LogP contribution >= 0.6 is 0 Å². The number of hydrogen-bond acceptors (Lipinski definition) is 3. The molecule has 2 aliphatic heterocycles. The summed E-state index contributed by atoms with van der Waals surface area (Å²) in [5.74, 6) is 0.142. The van der Waals surface area contributed by atoms with E-state index in [-0.39, 0.29) is 11.8 Å². The van der Waals surface area contributed by atoms with Crippen molar-refractivity contribution < 1.29 is 9.59 Å². The Morgan fingerprint density at radius 2 is 1.96 bits per heavy atom. The summed E-state index contributed by atoms with van der Waals surface area (Å²) in [6.45, 7) is 4.08. The molecule has 0 bridgehead atoms. The Bertz CT molecular complexity index is 871. The van der Waals surface area contributed by atoms with Gasteiger partial charge in [0, 0.05) is 25.3 Å². The number of amides is 2. The Kier molecular flexibility index (Phi) is 4.97. The summed E-state index contributed by atoms with van der Waals surface area (Å²) >= 11 is 0. The molecule has 27 heavy (non-hydrogen) atoms. The number of nitrogens with one attached hydrogen (secondary N) is 1. The molecule has 0 unspecified atom stereocenters. The van der Waals surface area contributed by atoms with Gasteiger partial charge in [-0.1, -0.05) is 25.1 Å². The molecule has 0 atom stereocenters. The zero-order chi connectivity index (χ0) is 18.8. The van der Waals surface area contributed by atoms with Crippen LogP contribution in [0.5, 0.6) is 0 Å². The van der Waals surface area contributed by atoms with Gasteiger partial charge in [-0.2, -0.15) is 0 Å². The highest BCUT2D eigenvalue weighted by atomic mass is 16.2. The van der Waals surface area contributed by atoms with Crippen molar-refractivity contribution in [3.05, 3.63) is 47.0 Å². The van der Waals surface area contributed by atoms with Crippen molar-refractivity contribution in [2.24, 2.45) is 0 Å². The molecule has 6 heteroatoms. The number of fused-ring (bicyclic) bond motifs is 2. The van der Waals surface area contributed by atoms with Crippen LogP contribution in [0, 0.1) is 0 Å². The third-order valence-electron chi connectivity index (χ3n) is 5.42. The number of hydrogen-bond donors (Lipinski definition) is 1. The fourth-order valence-electron chi connectivity index (χ4n) is 4.08. The van der Waals surface area contributed by atoms with Crippen molar-refractivity contribution >= 4 is 17.5 Å². The fraction of sp³-hybridized carbons (Fsp3) is 0.476. The second-order valence-corrected chi connectivity index (χ2v) is 7.28. The van der Waals surface area contributed by atoms with Crippen LogP contribution < -0.4 is 10.2 Å². The molecule has 0 aliphatic carbocycles. The van der Waals surface area contributed by atoms with E-state index in [1.807, 2.05) is 34.6 Å². The maximum Gasteiger partial charge on any atom is 0.294 e. The number of aryl methyl sites for hydroxylation is 1. The second-order valence-electron chi connectivity index (χ2n) is 7.28. The quantitative estimate of drug-likeness (QED) is 0.905. The molecule has 0 saturated carbocycles. The maximum atomic E-state index is 13.4. The highest BCUT2D eigenvalue weighted by molar-refractivity contribution is 6.06. The van der Waals surface area contributed by atoms with E-state index < -0.39 is 0 Å². The molecule has 1 N–H and O–H groups in total. The first kappa shape index (κ1) is 17.8. The Hall–Kier alpha value is -2.63. The monoisotopic (exact) mass is 366 g/mol. The van der Waals surface area contributed by atoms with Gasteiger partial charge in [0.05, 0.1) is 5.69 Å². The van der Waals surface area contributed by atoms with Gasteiger partial charge in [-0.25, -0.2) is 4.98 Å². The zero-order valence-electron chi connectivity index (χ0n) is 15.8. The van der Waals surface area contributed by atoms with Crippen molar-refractivity contribution in [3.8, 4) is 0 Å². The van der Waals surface area contributed by atoms with Crippen LogP contribution in [0.4, 0.5) is 5.69 Å². The molecule has 1 aromatic heterocycles. The number of carbonyl (C=O) groups excluding carboxylic acids is 2. The Balaban J connectivity index is 1.71. The number of aromatic nitrogens is 2.